The van der Waals surface area contributed by atoms with Crippen molar-refractivity contribution in [2.45, 2.75) is 65.2 Å². The summed E-state index contributed by atoms with van der Waals surface area (Å²) >= 11 is 0. The highest BCUT2D eigenvalue weighted by Crippen LogP contribution is 2.21. The first-order valence-electron chi connectivity index (χ1n) is 12.5. The molecule has 9 heteroatoms. The van der Waals surface area contributed by atoms with Gasteiger partial charge in [-0.05, 0) is 45.1 Å². The van der Waals surface area contributed by atoms with Gasteiger partial charge in [0.15, 0.2) is 0 Å². The van der Waals surface area contributed by atoms with E-state index in [2.05, 4.69) is 10.6 Å². The third-order valence-corrected chi connectivity index (χ3v) is 6.21. The largest absolute Gasteiger partial charge is 0.633 e. The number of ether oxygens (including phenoxy) is 2. The molecule has 2 amide bonds. The molecular weight excluding hydrogens is 450 g/mol. The van der Waals surface area contributed by atoms with Gasteiger partial charge in [-0.2, -0.15) is 0 Å². The van der Waals surface area contributed by atoms with Gasteiger partial charge in [-0.15, -0.1) is 0 Å². The number of nitrogens with zero attached hydrogens (tertiary/aromatic N) is 1. The summed E-state index contributed by atoms with van der Waals surface area (Å²) < 4.78 is 10.3. The Morgan fingerprint density at radius 3 is 2.37 bits per heavy atom. The first-order valence-corrected chi connectivity index (χ1v) is 12.5. The molecule has 0 radical (unpaired) electrons. The summed E-state index contributed by atoms with van der Waals surface area (Å²) in [5.41, 5.74) is 0.280. The molecule has 2 rings (SSSR count). The van der Waals surface area contributed by atoms with E-state index in [-0.39, 0.29) is 29.4 Å². The Bertz CT molecular complexity index is 790. The summed E-state index contributed by atoms with van der Waals surface area (Å²) in [6.45, 7) is 11.4. The van der Waals surface area contributed by atoms with Crippen molar-refractivity contribution < 1.29 is 28.8 Å². The van der Waals surface area contributed by atoms with E-state index in [1.54, 1.807) is 20.8 Å². The smallest absolute Gasteiger partial charge is 0.407 e. The van der Waals surface area contributed by atoms with Crippen molar-refractivity contribution in [3.05, 3.63) is 41.1 Å². The number of benzene rings is 1. The van der Waals surface area contributed by atoms with Crippen LogP contribution in [-0.4, -0.2) is 78.9 Å². The van der Waals surface area contributed by atoms with Gasteiger partial charge in [0.1, 0.15) is 18.7 Å². The summed E-state index contributed by atoms with van der Waals surface area (Å²) in [6.07, 6.45) is -1.02. The van der Waals surface area contributed by atoms with E-state index in [4.69, 9.17) is 9.47 Å². The minimum atomic E-state index is -0.974. The fourth-order valence-electron chi connectivity index (χ4n) is 4.13. The summed E-state index contributed by atoms with van der Waals surface area (Å²) in [5.74, 6) is -0.717. The number of hydroxylamine groups is 3. The molecule has 35 heavy (non-hydrogen) atoms. The molecule has 3 N–H and O–H groups in total. The number of aliphatic hydroxyl groups is 1. The maximum absolute atomic E-state index is 13.0. The zero-order chi connectivity index (χ0) is 26.1. The number of alkyl carbamates (subject to hydrolysis) is 1. The van der Waals surface area contributed by atoms with Gasteiger partial charge in [0.2, 0.25) is 5.91 Å². The van der Waals surface area contributed by atoms with E-state index in [9.17, 15) is 19.9 Å². The molecule has 198 valence electrons. The quantitative estimate of drug-likeness (QED) is 0.322. The van der Waals surface area contributed by atoms with Gasteiger partial charge in [0.25, 0.3) is 0 Å². The number of hydrogen-bond acceptors (Lipinski definition) is 6. The molecule has 0 aliphatic carbocycles. The highest BCUT2D eigenvalue weighted by atomic mass is 16.6. The number of morpholine rings is 1. The molecular formula is C26H43N3O6. The van der Waals surface area contributed by atoms with Crippen molar-refractivity contribution in [1.29, 1.82) is 0 Å². The van der Waals surface area contributed by atoms with E-state index in [0.717, 1.165) is 5.56 Å². The molecule has 1 aliphatic heterocycles. The van der Waals surface area contributed by atoms with Crippen LogP contribution in [0, 0.1) is 17.0 Å². The normalized spacial score (nSPS) is 18.4. The number of carbonyl (C=O) groups excluding carboxylic acids is 2. The van der Waals surface area contributed by atoms with Crippen LogP contribution in [0.1, 0.15) is 46.6 Å². The van der Waals surface area contributed by atoms with E-state index in [0.29, 0.717) is 39.3 Å². The van der Waals surface area contributed by atoms with E-state index in [1.165, 1.54) is 0 Å². The summed E-state index contributed by atoms with van der Waals surface area (Å²) in [4.78, 5) is 25.5. The molecule has 9 nitrogen and oxygen atoms in total. The van der Waals surface area contributed by atoms with Gasteiger partial charge in [-0.25, -0.2) is 4.79 Å². The van der Waals surface area contributed by atoms with Crippen LogP contribution in [0.3, 0.4) is 0 Å². The Kier molecular flexibility index (Phi) is 11.0. The van der Waals surface area contributed by atoms with Crippen LogP contribution in [0.5, 0.6) is 0 Å². The number of hydrogen-bond donors (Lipinski definition) is 3. The van der Waals surface area contributed by atoms with Crippen molar-refractivity contribution in [1.82, 2.24) is 10.6 Å². The highest BCUT2D eigenvalue weighted by Gasteiger charge is 2.31. The Labute approximate surface area is 209 Å². The second-order valence-corrected chi connectivity index (χ2v) is 10.7. The van der Waals surface area contributed by atoms with Crippen molar-refractivity contribution in [2.75, 3.05) is 39.4 Å². The van der Waals surface area contributed by atoms with Crippen molar-refractivity contribution in [3.63, 3.8) is 0 Å². The molecule has 0 saturated carbocycles. The summed E-state index contributed by atoms with van der Waals surface area (Å²) in [5, 5.41) is 29.5. The van der Waals surface area contributed by atoms with Crippen LogP contribution < -0.4 is 10.6 Å². The number of nitrogens with one attached hydrogen (secondary N) is 2. The number of quaternary nitrogens is 1. The van der Waals surface area contributed by atoms with Crippen molar-refractivity contribution >= 4 is 12.0 Å². The SMILES string of the molecule is CC(C)[C@@H](C[C@H](O)[C@H](Cc1ccccc1)NC(=O)OC(C)(C)C)C(=O)NCC[N+]1([O-])CCOCC1. The van der Waals surface area contributed by atoms with Gasteiger partial charge < -0.3 is 35.1 Å². The molecule has 0 unspecified atom stereocenters. The molecule has 1 aliphatic rings. The summed E-state index contributed by atoms with van der Waals surface area (Å²) in [6, 6.07) is 8.92. The van der Waals surface area contributed by atoms with E-state index < -0.39 is 29.8 Å². The number of carbonyl (C=O) groups is 2. The lowest BCUT2D eigenvalue weighted by atomic mass is 9.86. The van der Waals surface area contributed by atoms with Crippen LogP contribution in [0.2, 0.25) is 0 Å². The molecule has 1 fully saturated rings. The second kappa shape index (κ2) is 13.2. The lowest BCUT2D eigenvalue weighted by Gasteiger charge is -2.45. The number of aliphatic hydroxyl groups excluding tert-OH is 1. The average molecular weight is 494 g/mol. The maximum atomic E-state index is 13.0. The first kappa shape index (κ1) is 29.0. The van der Waals surface area contributed by atoms with E-state index in [1.807, 2.05) is 44.2 Å². The lowest BCUT2D eigenvalue weighted by Crippen LogP contribution is -2.54. The molecule has 1 saturated heterocycles. The minimum absolute atomic E-state index is 0.0395. The zero-order valence-corrected chi connectivity index (χ0v) is 21.8. The molecule has 1 heterocycles. The molecule has 0 spiro atoms. The maximum Gasteiger partial charge on any atom is 0.407 e. The van der Waals surface area contributed by atoms with Gasteiger partial charge in [0.05, 0.1) is 38.4 Å². The topological polar surface area (TPSA) is 120 Å². The third kappa shape index (κ3) is 10.5. The Hall–Kier alpha value is -2.20. The van der Waals surface area contributed by atoms with Gasteiger partial charge in [-0.3, -0.25) is 4.79 Å². The van der Waals surface area contributed by atoms with Gasteiger partial charge in [0, 0.05) is 5.92 Å². The average Bonchev–Trinajstić information content (AvgIpc) is 2.76. The standard InChI is InChI=1S/C26H43N3O6/c1-19(2)21(24(31)27-11-12-29(33)13-15-34-16-14-29)18-23(30)22(17-20-9-7-6-8-10-20)28-25(32)35-26(3,4)5/h6-10,19,21-23,30H,11-18H2,1-5H3,(H,27,31)(H,28,32)/t21-,22+,23+/m1/s1. The fourth-order valence-corrected chi connectivity index (χ4v) is 4.13. The van der Waals surface area contributed by atoms with Crippen LogP contribution in [-0.2, 0) is 20.7 Å². The van der Waals surface area contributed by atoms with Crippen molar-refractivity contribution in [3.8, 4) is 0 Å². The molecule has 1 aromatic rings. The summed E-state index contributed by atoms with van der Waals surface area (Å²) in [7, 11) is 0. The zero-order valence-electron chi connectivity index (χ0n) is 21.8. The Morgan fingerprint density at radius 1 is 1.17 bits per heavy atom. The van der Waals surface area contributed by atoms with Crippen molar-refractivity contribution in [2.24, 2.45) is 11.8 Å². The van der Waals surface area contributed by atoms with Crippen LogP contribution in [0.25, 0.3) is 0 Å². The predicted octanol–water partition coefficient (Wildman–Crippen LogP) is 2.61. The van der Waals surface area contributed by atoms with Crippen LogP contribution in [0.15, 0.2) is 30.3 Å². The number of rotatable bonds is 11. The van der Waals surface area contributed by atoms with Crippen LogP contribution >= 0.6 is 0 Å². The first-order chi connectivity index (χ1) is 16.4. The number of amides is 2. The second-order valence-electron chi connectivity index (χ2n) is 10.7. The lowest BCUT2D eigenvalue weighted by molar-refractivity contribution is -0.887. The predicted molar refractivity (Wildman–Crippen MR) is 134 cm³/mol. The Balaban J connectivity index is 2.02. The van der Waals surface area contributed by atoms with E-state index >= 15 is 0 Å². The third-order valence-electron chi connectivity index (χ3n) is 6.21. The van der Waals surface area contributed by atoms with Gasteiger partial charge in [-0.1, -0.05) is 44.2 Å². The van der Waals surface area contributed by atoms with Crippen LogP contribution in [0.4, 0.5) is 4.79 Å². The molecule has 1 aromatic carbocycles. The van der Waals surface area contributed by atoms with Gasteiger partial charge >= 0.3 is 6.09 Å². The monoisotopic (exact) mass is 493 g/mol. The molecule has 0 aromatic heterocycles. The molecule has 3 atom stereocenters. The molecule has 0 bridgehead atoms. The highest BCUT2D eigenvalue weighted by molar-refractivity contribution is 5.79. The minimum Gasteiger partial charge on any atom is -0.633 e. The fraction of sp³-hybridized carbons (Fsp3) is 0.692. The Morgan fingerprint density at radius 2 is 1.80 bits per heavy atom.